The van der Waals surface area contributed by atoms with Crippen LogP contribution in [-0.4, -0.2) is 38.8 Å². The number of nitrogens with one attached hydrogen (secondary N) is 3. The summed E-state index contributed by atoms with van der Waals surface area (Å²) in [7, 11) is -2.94. The fourth-order valence-electron chi connectivity index (χ4n) is 3.10. The number of hydrogen-bond donors (Lipinski definition) is 4. The Labute approximate surface area is 215 Å². The molecule has 1 aromatic carbocycles. The molecule has 0 aliphatic carbocycles. The minimum atomic E-state index is -2.94. The number of amides is 2. The number of halogens is 1. The average molecular weight is 536 g/mol. The van der Waals surface area contributed by atoms with E-state index in [0.29, 0.717) is 27.8 Å². The zero-order chi connectivity index (χ0) is 25.8. The lowest BCUT2D eigenvalue weighted by Crippen LogP contribution is -2.40. The van der Waals surface area contributed by atoms with Crippen molar-refractivity contribution >= 4 is 55.7 Å². The minimum absolute atomic E-state index is 0.141. The molecule has 0 aliphatic heterocycles. The van der Waals surface area contributed by atoms with Crippen molar-refractivity contribution in [2.75, 3.05) is 22.8 Å². The van der Waals surface area contributed by atoms with Gasteiger partial charge in [0.2, 0.25) is 11.8 Å². The molecule has 8 nitrogen and oxygen atoms in total. The summed E-state index contributed by atoms with van der Waals surface area (Å²) in [5.41, 5.74) is 1.32. The van der Waals surface area contributed by atoms with Crippen LogP contribution < -0.4 is 15.4 Å². The Kier molecular flexibility index (Phi) is 8.30. The van der Waals surface area contributed by atoms with Crippen LogP contribution in [0.3, 0.4) is 0 Å². The highest BCUT2D eigenvalue weighted by molar-refractivity contribution is 8.03. The molecular weight excluding hydrogens is 506 g/mol. The van der Waals surface area contributed by atoms with Gasteiger partial charge in [-0.05, 0) is 41.7 Å². The third kappa shape index (κ3) is 6.65. The standard InChI is InChI=1S/C24H30ClN5O3S2/c1-6-24(3,4)22(32)27-14-19(31)29-23-28-15(2)20(34-23)16-12-18(21(25)26-13-16)30-35(5,33)17-10-8-7-9-11-17/h7-13,35H,6,14H2,1-5H3,(H,27,32)(H,30,33)(H,28,29,31). The van der Waals surface area contributed by atoms with E-state index in [-0.39, 0.29) is 23.5 Å². The maximum atomic E-state index is 13.3. The number of nitrogens with zero attached hydrogens (tertiary/aromatic N) is 2. The molecule has 3 aromatic rings. The molecule has 2 amide bonds. The average Bonchev–Trinajstić information content (AvgIpc) is 3.18. The quantitative estimate of drug-likeness (QED) is 0.234. The van der Waals surface area contributed by atoms with Gasteiger partial charge >= 0.3 is 0 Å². The van der Waals surface area contributed by atoms with Crippen molar-refractivity contribution in [2.45, 2.75) is 39.0 Å². The lowest BCUT2D eigenvalue weighted by Gasteiger charge is -2.23. The monoisotopic (exact) mass is 535 g/mol. The van der Waals surface area contributed by atoms with E-state index in [1.807, 2.05) is 45.9 Å². The van der Waals surface area contributed by atoms with Crippen molar-refractivity contribution in [3.05, 3.63) is 53.4 Å². The van der Waals surface area contributed by atoms with Gasteiger partial charge in [0.15, 0.2) is 10.3 Å². The number of hydrogen-bond acceptors (Lipinski definition) is 6. The van der Waals surface area contributed by atoms with Crippen molar-refractivity contribution in [3.63, 3.8) is 0 Å². The molecule has 0 aliphatic rings. The highest BCUT2D eigenvalue weighted by Crippen LogP contribution is 2.36. The number of rotatable bonds is 9. The van der Waals surface area contributed by atoms with Gasteiger partial charge in [-0.25, -0.2) is 9.97 Å². The fraction of sp³-hybridized carbons (Fsp3) is 0.333. The molecule has 0 spiro atoms. The predicted molar refractivity (Wildman–Crippen MR) is 145 cm³/mol. The van der Waals surface area contributed by atoms with Crippen LogP contribution in [-0.2, 0) is 19.7 Å². The molecular formula is C24H30ClN5O3S2. The Hall–Kier alpha value is -2.82. The molecule has 11 heteroatoms. The second kappa shape index (κ2) is 10.8. The number of pyridine rings is 1. The second-order valence-electron chi connectivity index (χ2n) is 8.84. The van der Waals surface area contributed by atoms with Gasteiger partial charge < -0.3 is 15.4 Å². The molecule has 2 heterocycles. The smallest absolute Gasteiger partial charge is 0.245 e. The summed E-state index contributed by atoms with van der Waals surface area (Å²) < 4.78 is 16.3. The van der Waals surface area contributed by atoms with E-state index < -0.39 is 15.5 Å². The molecule has 0 bridgehead atoms. The lowest BCUT2D eigenvalue weighted by atomic mass is 9.89. The van der Waals surface area contributed by atoms with E-state index in [4.69, 9.17) is 11.6 Å². The first-order valence-electron chi connectivity index (χ1n) is 11.1. The van der Waals surface area contributed by atoms with Gasteiger partial charge in [0, 0.05) is 28.3 Å². The third-order valence-electron chi connectivity index (χ3n) is 5.63. The summed E-state index contributed by atoms with van der Waals surface area (Å²) in [6.07, 6.45) is 3.91. The van der Waals surface area contributed by atoms with Gasteiger partial charge in [0.05, 0.1) is 22.8 Å². The molecule has 2 aromatic heterocycles. The zero-order valence-electron chi connectivity index (χ0n) is 20.3. The molecule has 0 saturated carbocycles. The number of aryl methyl sites for hydroxylation is 1. The first kappa shape index (κ1) is 26.8. The third-order valence-corrected chi connectivity index (χ3v) is 9.01. The van der Waals surface area contributed by atoms with E-state index in [1.165, 1.54) is 11.3 Å². The minimum Gasteiger partial charge on any atom is -0.347 e. The molecule has 0 unspecified atom stereocenters. The largest absolute Gasteiger partial charge is 0.347 e. The Balaban J connectivity index is 1.75. The van der Waals surface area contributed by atoms with Crippen LogP contribution in [0, 0.1) is 12.3 Å². The van der Waals surface area contributed by atoms with Crippen LogP contribution in [0.1, 0.15) is 32.9 Å². The molecule has 0 saturated heterocycles. The van der Waals surface area contributed by atoms with Gasteiger partial charge in [-0.15, -0.1) is 0 Å². The predicted octanol–water partition coefficient (Wildman–Crippen LogP) is 4.69. The van der Waals surface area contributed by atoms with E-state index in [1.54, 1.807) is 30.7 Å². The summed E-state index contributed by atoms with van der Waals surface area (Å²) in [5.74, 6) is -0.543. The zero-order valence-corrected chi connectivity index (χ0v) is 22.8. The SMILES string of the molecule is CCC(C)(C)C(=O)NCC(=O)Nc1nc(C)c(-c2cnc(Cl)c(N[SH](C)(=O)c3ccccc3)c2)s1. The second-order valence-corrected chi connectivity index (χ2v) is 12.8. The van der Waals surface area contributed by atoms with Gasteiger partial charge in [-0.3, -0.25) is 13.8 Å². The van der Waals surface area contributed by atoms with E-state index >= 15 is 0 Å². The number of carbonyl (C=O) groups is 2. The van der Waals surface area contributed by atoms with Crippen molar-refractivity contribution in [1.82, 2.24) is 15.3 Å². The van der Waals surface area contributed by atoms with Gasteiger partial charge in [0.1, 0.15) is 0 Å². The fourth-order valence-corrected chi connectivity index (χ4v) is 5.78. The highest BCUT2D eigenvalue weighted by Gasteiger charge is 2.25. The first-order valence-corrected chi connectivity index (χ1v) is 14.4. The van der Waals surface area contributed by atoms with Crippen molar-refractivity contribution in [1.29, 1.82) is 0 Å². The van der Waals surface area contributed by atoms with Crippen LogP contribution in [0.2, 0.25) is 5.15 Å². The number of carbonyl (C=O) groups excluding carboxylic acids is 2. The van der Waals surface area contributed by atoms with Crippen molar-refractivity contribution in [3.8, 4) is 10.4 Å². The number of thiol groups is 1. The highest BCUT2D eigenvalue weighted by atomic mass is 35.5. The maximum Gasteiger partial charge on any atom is 0.245 e. The number of aromatic nitrogens is 2. The Bertz CT molecular complexity index is 1280. The Morgan fingerprint density at radius 2 is 1.89 bits per heavy atom. The molecule has 0 atom stereocenters. The molecule has 0 radical (unpaired) electrons. The van der Waals surface area contributed by atoms with Crippen LogP contribution in [0.25, 0.3) is 10.4 Å². The molecule has 3 rings (SSSR count). The summed E-state index contributed by atoms with van der Waals surface area (Å²) in [6.45, 7) is 7.27. The summed E-state index contributed by atoms with van der Waals surface area (Å²) in [6, 6.07) is 10.9. The Morgan fingerprint density at radius 3 is 2.54 bits per heavy atom. The maximum absolute atomic E-state index is 13.3. The number of anilines is 2. The van der Waals surface area contributed by atoms with E-state index in [9.17, 15) is 13.8 Å². The van der Waals surface area contributed by atoms with Gasteiger partial charge in [0.25, 0.3) is 0 Å². The van der Waals surface area contributed by atoms with E-state index in [0.717, 1.165) is 10.4 Å². The summed E-state index contributed by atoms with van der Waals surface area (Å²) >= 11 is 7.57. The molecule has 188 valence electrons. The van der Waals surface area contributed by atoms with Crippen LogP contribution in [0.4, 0.5) is 10.8 Å². The van der Waals surface area contributed by atoms with Crippen LogP contribution in [0.15, 0.2) is 47.5 Å². The van der Waals surface area contributed by atoms with E-state index in [2.05, 4.69) is 25.3 Å². The molecule has 35 heavy (non-hydrogen) atoms. The Morgan fingerprint density at radius 1 is 1.20 bits per heavy atom. The normalized spacial score (nSPS) is 12.2. The van der Waals surface area contributed by atoms with Crippen LogP contribution in [0.5, 0.6) is 0 Å². The van der Waals surface area contributed by atoms with Crippen LogP contribution >= 0.6 is 22.9 Å². The van der Waals surface area contributed by atoms with Gasteiger partial charge in [-0.1, -0.05) is 61.9 Å². The lowest BCUT2D eigenvalue weighted by molar-refractivity contribution is -0.131. The molecule has 3 N–H and O–H groups in total. The first-order chi connectivity index (χ1) is 16.4. The summed E-state index contributed by atoms with van der Waals surface area (Å²) in [5, 5.41) is 6.00. The number of benzene rings is 1. The van der Waals surface area contributed by atoms with Crippen molar-refractivity contribution < 1.29 is 13.8 Å². The van der Waals surface area contributed by atoms with Gasteiger partial charge in [-0.2, -0.15) is 0 Å². The van der Waals surface area contributed by atoms with Crippen molar-refractivity contribution in [2.24, 2.45) is 5.41 Å². The molecule has 0 fully saturated rings. The topological polar surface area (TPSA) is 113 Å². The summed E-state index contributed by atoms with van der Waals surface area (Å²) in [4.78, 5) is 34.7. The number of thiazole rings is 1.